The molecule has 1 heteroatoms. The smallest absolute Gasteiger partial charge is 0.00683 e. The van der Waals surface area contributed by atoms with Crippen molar-refractivity contribution in [1.29, 1.82) is 0 Å². The van der Waals surface area contributed by atoms with Crippen molar-refractivity contribution in [1.82, 2.24) is 5.32 Å². The Kier molecular flexibility index (Phi) is 4.45. The lowest BCUT2D eigenvalue weighted by Crippen LogP contribution is -2.33. The summed E-state index contributed by atoms with van der Waals surface area (Å²) < 4.78 is 0. The summed E-state index contributed by atoms with van der Waals surface area (Å²) in [6.45, 7) is 15.4. The van der Waals surface area contributed by atoms with Gasteiger partial charge in [-0.05, 0) is 49.0 Å². The van der Waals surface area contributed by atoms with Crippen LogP contribution in [0.15, 0.2) is 0 Å². The quantitative estimate of drug-likeness (QED) is 0.738. The zero-order valence-corrected chi connectivity index (χ0v) is 12.2. The van der Waals surface area contributed by atoms with E-state index in [0.29, 0.717) is 10.8 Å². The van der Waals surface area contributed by atoms with E-state index >= 15 is 0 Å². The lowest BCUT2D eigenvalue weighted by Gasteiger charge is -2.33. The minimum Gasteiger partial charge on any atom is -0.314 e. The van der Waals surface area contributed by atoms with Crippen LogP contribution >= 0.6 is 0 Å². The topological polar surface area (TPSA) is 12.0 Å². The molecule has 16 heavy (non-hydrogen) atoms. The van der Waals surface area contributed by atoms with Gasteiger partial charge in [-0.15, -0.1) is 0 Å². The normalized spacial score (nSPS) is 19.9. The van der Waals surface area contributed by atoms with E-state index in [-0.39, 0.29) is 0 Å². The molecule has 1 fully saturated rings. The first-order valence-electron chi connectivity index (χ1n) is 6.92. The van der Waals surface area contributed by atoms with Crippen LogP contribution < -0.4 is 5.32 Å². The van der Waals surface area contributed by atoms with E-state index in [1.54, 1.807) is 0 Å². The summed E-state index contributed by atoms with van der Waals surface area (Å²) in [6.07, 6.45) is 5.49. The Hall–Kier alpha value is -0.0400. The summed E-state index contributed by atoms with van der Waals surface area (Å²) in [7, 11) is 0. The van der Waals surface area contributed by atoms with Gasteiger partial charge in [-0.25, -0.2) is 0 Å². The van der Waals surface area contributed by atoms with Crippen molar-refractivity contribution < 1.29 is 0 Å². The van der Waals surface area contributed by atoms with Gasteiger partial charge in [0, 0.05) is 6.04 Å². The summed E-state index contributed by atoms with van der Waals surface area (Å²) in [5.74, 6) is 0.812. The number of hydrogen-bond acceptors (Lipinski definition) is 1. The second kappa shape index (κ2) is 5.08. The molecule has 0 aromatic carbocycles. The lowest BCUT2D eigenvalue weighted by atomic mass is 9.75. The molecule has 0 saturated heterocycles. The summed E-state index contributed by atoms with van der Waals surface area (Å²) in [4.78, 5) is 0. The van der Waals surface area contributed by atoms with Crippen LogP contribution in [0.2, 0.25) is 0 Å². The van der Waals surface area contributed by atoms with Crippen LogP contribution in [0.5, 0.6) is 0 Å². The van der Waals surface area contributed by atoms with Crippen LogP contribution in [-0.4, -0.2) is 12.6 Å². The van der Waals surface area contributed by atoms with Crippen LogP contribution in [0.1, 0.15) is 67.2 Å². The average Bonchev–Trinajstić information content (AvgIpc) is 2.82. The summed E-state index contributed by atoms with van der Waals surface area (Å²) in [5, 5.41) is 3.70. The second-order valence-electron chi connectivity index (χ2n) is 7.84. The molecule has 0 aromatic heterocycles. The third kappa shape index (κ3) is 5.89. The molecule has 1 N–H and O–H groups in total. The zero-order chi connectivity index (χ0) is 12.4. The Labute approximate surface area is 102 Å². The van der Waals surface area contributed by atoms with Gasteiger partial charge in [0.15, 0.2) is 0 Å². The van der Waals surface area contributed by atoms with E-state index < -0.39 is 0 Å². The fraction of sp³-hybridized carbons (Fsp3) is 1.00. The summed E-state index contributed by atoms with van der Waals surface area (Å²) in [6, 6.07) is 0.847. The maximum atomic E-state index is 3.70. The zero-order valence-electron chi connectivity index (χ0n) is 12.2. The lowest BCUT2D eigenvalue weighted by molar-refractivity contribution is 0.190. The van der Waals surface area contributed by atoms with Crippen molar-refractivity contribution in [3.8, 4) is 0 Å². The van der Waals surface area contributed by atoms with E-state index in [9.17, 15) is 0 Å². The largest absolute Gasteiger partial charge is 0.314 e. The van der Waals surface area contributed by atoms with Gasteiger partial charge < -0.3 is 5.32 Å². The molecule has 0 heterocycles. The molecule has 0 aliphatic heterocycles. The van der Waals surface area contributed by atoms with Crippen molar-refractivity contribution >= 4 is 0 Å². The van der Waals surface area contributed by atoms with Crippen molar-refractivity contribution in [2.45, 2.75) is 73.3 Å². The van der Waals surface area contributed by atoms with Gasteiger partial charge in [0.25, 0.3) is 0 Å². The van der Waals surface area contributed by atoms with E-state index in [1.165, 1.54) is 32.2 Å². The van der Waals surface area contributed by atoms with Crippen molar-refractivity contribution in [3.05, 3.63) is 0 Å². The van der Waals surface area contributed by atoms with E-state index in [4.69, 9.17) is 0 Å². The SMILES string of the molecule is CC(C)(C)CCC(CNC1CC1)C(C)(C)C. The van der Waals surface area contributed by atoms with E-state index in [1.807, 2.05) is 0 Å². The summed E-state index contributed by atoms with van der Waals surface area (Å²) >= 11 is 0. The third-order valence-electron chi connectivity index (χ3n) is 3.70. The van der Waals surface area contributed by atoms with Crippen LogP contribution in [0.25, 0.3) is 0 Å². The first-order chi connectivity index (χ1) is 7.18. The highest BCUT2D eigenvalue weighted by molar-refractivity contribution is 4.85. The monoisotopic (exact) mass is 225 g/mol. The molecule has 1 nitrogen and oxygen atoms in total. The highest BCUT2D eigenvalue weighted by Crippen LogP contribution is 2.34. The number of rotatable bonds is 5. The molecule has 1 saturated carbocycles. The molecule has 1 unspecified atom stereocenters. The van der Waals surface area contributed by atoms with Crippen LogP contribution in [0.3, 0.4) is 0 Å². The molecule has 0 radical (unpaired) electrons. The Morgan fingerprint density at radius 2 is 1.62 bits per heavy atom. The Morgan fingerprint density at radius 1 is 1.06 bits per heavy atom. The van der Waals surface area contributed by atoms with Crippen LogP contribution in [0.4, 0.5) is 0 Å². The minimum absolute atomic E-state index is 0.438. The Bertz CT molecular complexity index is 202. The highest BCUT2D eigenvalue weighted by atomic mass is 14.9. The molecule has 0 bridgehead atoms. The predicted octanol–water partition coefficient (Wildman–Crippen LogP) is 4.23. The maximum Gasteiger partial charge on any atom is 0.00683 e. The molecule has 0 amide bonds. The average molecular weight is 225 g/mol. The maximum absolute atomic E-state index is 3.70. The van der Waals surface area contributed by atoms with Crippen molar-refractivity contribution in [2.24, 2.45) is 16.7 Å². The molecular formula is C15H31N. The molecule has 0 aromatic rings. The molecular weight excluding hydrogens is 194 g/mol. The van der Waals surface area contributed by atoms with Crippen molar-refractivity contribution in [3.63, 3.8) is 0 Å². The van der Waals surface area contributed by atoms with Gasteiger partial charge in [0.2, 0.25) is 0 Å². The highest BCUT2D eigenvalue weighted by Gasteiger charge is 2.28. The van der Waals surface area contributed by atoms with E-state index in [2.05, 4.69) is 46.9 Å². The molecule has 1 aliphatic carbocycles. The van der Waals surface area contributed by atoms with Gasteiger partial charge >= 0.3 is 0 Å². The Morgan fingerprint density at radius 3 is 2.00 bits per heavy atom. The Balaban J connectivity index is 2.36. The van der Waals surface area contributed by atoms with E-state index in [0.717, 1.165) is 12.0 Å². The molecule has 96 valence electrons. The standard InChI is InChI=1S/C15H31N/c1-14(2,3)10-9-12(15(4,5)6)11-16-13-7-8-13/h12-13,16H,7-11H2,1-6H3. The summed E-state index contributed by atoms with van der Waals surface area (Å²) in [5.41, 5.74) is 0.913. The minimum atomic E-state index is 0.438. The van der Waals surface area contributed by atoms with Gasteiger partial charge in [0.05, 0.1) is 0 Å². The molecule has 0 spiro atoms. The van der Waals surface area contributed by atoms with Gasteiger partial charge in [-0.2, -0.15) is 0 Å². The molecule has 1 atom stereocenters. The second-order valence-corrected chi connectivity index (χ2v) is 7.84. The molecule has 1 rings (SSSR count). The van der Waals surface area contributed by atoms with Crippen LogP contribution in [0, 0.1) is 16.7 Å². The first-order valence-corrected chi connectivity index (χ1v) is 6.92. The third-order valence-corrected chi connectivity index (χ3v) is 3.70. The fourth-order valence-corrected chi connectivity index (χ4v) is 2.04. The molecule has 1 aliphatic rings. The number of hydrogen-bond donors (Lipinski definition) is 1. The van der Waals surface area contributed by atoms with Gasteiger partial charge in [-0.1, -0.05) is 41.5 Å². The van der Waals surface area contributed by atoms with Gasteiger partial charge in [0.1, 0.15) is 0 Å². The van der Waals surface area contributed by atoms with Crippen LogP contribution in [-0.2, 0) is 0 Å². The van der Waals surface area contributed by atoms with Gasteiger partial charge in [-0.3, -0.25) is 0 Å². The first kappa shape index (κ1) is 14.0. The van der Waals surface area contributed by atoms with Crippen molar-refractivity contribution in [2.75, 3.05) is 6.54 Å². The number of nitrogens with one attached hydrogen (secondary N) is 1. The predicted molar refractivity (Wildman–Crippen MR) is 72.7 cm³/mol. The fourth-order valence-electron chi connectivity index (χ4n) is 2.04.